The number of ether oxygens (including phenoxy) is 1. The third kappa shape index (κ3) is 2.07. The number of oxazole rings is 1. The summed E-state index contributed by atoms with van der Waals surface area (Å²) in [5, 5.41) is 8.53. The Morgan fingerprint density at radius 2 is 2.29 bits per heavy atom. The SMILES string of the molecule is Cn1c(=O)oc2cc(C(=O)OCCO)ccc21. The summed E-state index contributed by atoms with van der Waals surface area (Å²) < 4.78 is 11.0. The first-order valence-corrected chi connectivity index (χ1v) is 5.01. The number of aliphatic hydroxyl groups is 1. The van der Waals surface area contributed by atoms with Crippen molar-refractivity contribution in [3.8, 4) is 0 Å². The van der Waals surface area contributed by atoms with E-state index in [9.17, 15) is 9.59 Å². The lowest BCUT2D eigenvalue weighted by Crippen LogP contribution is -2.09. The summed E-state index contributed by atoms with van der Waals surface area (Å²) in [6.07, 6.45) is 0. The maximum Gasteiger partial charge on any atom is 0.419 e. The van der Waals surface area contributed by atoms with E-state index >= 15 is 0 Å². The molecular weight excluding hydrogens is 226 g/mol. The van der Waals surface area contributed by atoms with Gasteiger partial charge in [0, 0.05) is 7.05 Å². The lowest BCUT2D eigenvalue weighted by molar-refractivity contribution is 0.0434. The Morgan fingerprint density at radius 1 is 1.53 bits per heavy atom. The molecule has 0 saturated carbocycles. The zero-order chi connectivity index (χ0) is 12.4. The summed E-state index contributed by atoms with van der Waals surface area (Å²) in [6.45, 7) is -0.288. The van der Waals surface area contributed by atoms with Crippen molar-refractivity contribution in [1.82, 2.24) is 4.57 Å². The van der Waals surface area contributed by atoms with E-state index in [0.717, 1.165) is 0 Å². The summed E-state index contributed by atoms with van der Waals surface area (Å²) in [7, 11) is 1.58. The lowest BCUT2D eigenvalue weighted by Gasteiger charge is -2.02. The van der Waals surface area contributed by atoms with Gasteiger partial charge in [-0.2, -0.15) is 0 Å². The molecule has 0 unspecified atom stereocenters. The molecule has 1 aromatic carbocycles. The van der Waals surface area contributed by atoms with E-state index in [2.05, 4.69) is 0 Å². The number of aromatic nitrogens is 1. The van der Waals surface area contributed by atoms with Gasteiger partial charge in [-0.15, -0.1) is 0 Å². The van der Waals surface area contributed by atoms with Crippen LogP contribution in [-0.2, 0) is 11.8 Å². The standard InChI is InChI=1S/C11H11NO5/c1-12-8-3-2-7(10(14)16-5-4-13)6-9(8)17-11(12)15/h2-3,6,13H,4-5H2,1H3. The summed E-state index contributed by atoms with van der Waals surface area (Å²) in [6, 6.07) is 4.59. The van der Waals surface area contributed by atoms with Crippen LogP contribution in [0.3, 0.4) is 0 Å². The highest BCUT2D eigenvalue weighted by molar-refractivity contribution is 5.93. The molecule has 1 aromatic heterocycles. The second-order valence-electron chi connectivity index (χ2n) is 3.47. The van der Waals surface area contributed by atoms with Crippen molar-refractivity contribution in [3.05, 3.63) is 34.3 Å². The van der Waals surface area contributed by atoms with Gasteiger partial charge >= 0.3 is 11.7 Å². The number of hydrogen-bond acceptors (Lipinski definition) is 5. The van der Waals surface area contributed by atoms with Gasteiger partial charge in [-0.1, -0.05) is 0 Å². The fourth-order valence-electron chi connectivity index (χ4n) is 1.48. The van der Waals surface area contributed by atoms with Gasteiger partial charge in [0.05, 0.1) is 17.7 Å². The molecule has 1 heterocycles. The van der Waals surface area contributed by atoms with E-state index in [1.807, 2.05) is 0 Å². The molecule has 90 valence electrons. The number of carbonyl (C=O) groups is 1. The van der Waals surface area contributed by atoms with Crippen LogP contribution >= 0.6 is 0 Å². The predicted molar refractivity (Wildman–Crippen MR) is 58.8 cm³/mol. The zero-order valence-corrected chi connectivity index (χ0v) is 9.17. The Morgan fingerprint density at radius 3 is 3.00 bits per heavy atom. The molecule has 0 aliphatic heterocycles. The van der Waals surface area contributed by atoms with Crippen LogP contribution in [0.2, 0.25) is 0 Å². The van der Waals surface area contributed by atoms with Crippen molar-refractivity contribution in [3.63, 3.8) is 0 Å². The van der Waals surface area contributed by atoms with Crippen molar-refractivity contribution < 1.29 is 19.1 Å². The monoisotopic (exact) mass is 237 g/mol. The van der Waals surface area contributed by atoms with Crippen molar-refractivity contribution in [2.24, 2.45) is 7.05 Å². The number of rotatable bonds is 3. The van der Waals surface area contributed by atoms with Crippen molar-refractivity contribution in [2.75, 3.05) is 13.2 Å². The normalized spacial score (nSPS) is 10.7. The first-order valence-electron chi connectivity index (χ1n) is 5.01. The molecule has 0 bridgehead atoms. The van der Waals surface area contributed by atoms with Gasteiger partial charge < -0.3 is 14.3 Å². The molecule has 0 fully saturated rings. The molecule has 0 aliphatic rings. The Balaban J connectivity index is 2.38. The highest BCUT2D eigenvalue weighted by Crippen LogP contribution is 2.14. The number of esters is 1. The second kappa shape index (κ2) is 4.42. The zero-order valence-electron chi connectivity index (χ0n) is 9.17. The number of hydrogen-bond donors (Lipinski definition) is 1. The van der Waals surface area contributed by atoms with Gasteiger partial charge in [-0.25, -0.2) is 9.59 Å². The molecule has 2 rings (SSSR count). The van der Waals surface area contributed by atoms with Gasteiger partial charge in [0.25, 0.3) is 0 Å². The third-order valence-corrected chi connectivity index (χ3v) is 2.35. The molecule has 0 spiro atoms. The first kappa shape index (κ1) is 11.4. The van der Waals surface area contributed by atoms with Crippen LogP contribution in [0.15, 0.2) is 27.4 Å². The molecule has 6 heteroatoms. The number of benzene rings is 1. The number of fused-ring (bicyclic) bond motifs is 1. The van der Waals surface area contributed by atoms with Crippen molar-refractivity contribution >= 4 is 17.1 Å². The predicted octanol–water partition coefficient (Wildman–Crippen LogP) is 0.281. The molecule has 1 N–H and O–H groups in total. The average molecular weight is 237 g/mol. The van der Waals surface area contributed by atoms with Gasteiger partial charge in [-0.3, -0.25) is 4.57 Å². The second-order valence-corrected chi connectivity index (χ2v) is 3.47. The van der Waals surface area contributed by atoms with E-state index in [1.165, 1.54) is 16.7 Å². The molecule has 6 nitrogen and oxygen atoms in total. The van der Waals surface area contributed by atoms with Crippen LogP contribution < -0.4 is 5.76 Å². The smallest absolute Gasteiger partial charge is 0.419 e. The largest absolute Gasteiger partial charge is 0.460 e. The highest BCUT2D eigenvalue weighted by atomic mass is 16.5. The fraction of sp³-hybridized carbons (Fsp3) is 0.273. The Hall–Kier alpha value is -2.08. The van der Waals surface area contributed by atoms with Crippen molar-refractivity contribution in [1.29, 1.82) is 0 Å². The van der Waals surface area contributed by atoms with Gasteiger partial charge in [0.15, 0.2) is 5.58 Å². The Labute approximate surface area is 96.0 Å². The maximum atomic E-state index is 11.5. The molecule has 0 aliphatic carbocycles. The molecule has 17 heavy (non-hydrogen) atoms. The molecule has 2 aromatic rings. The minimum absolute atomic E-state index is 0.0599. The highest BCUT2D eigenvalue weighted by Gasteiger charge is 2.11. The maximum absolute atomic E-state index is 11.5. The van der Waals surface area contributed by atoms with Gasteiger partial charge in [0.1, 0.15) is 6.61 Å². The van der Waals surface area contributed by atoms with Crippen LogP contribution in [0.25, 0.3) is 11.1 Å². The average Bonchev–Trinajstić information content (AvgIpc) is 2.61. The van der Waals surface area contributed by atoms with Crippen LogP contribution in [0.5, 0.6) is 0 Å². The number of aryl methyl sites for hydroxylation is 1. The van der Waals surface area contributed by atoms with Gasteiger partial charge in [-0.05, 0) is 18.2 Å². The van der Waals surface area contributed by atoms with E-state index in [1.54, 1.807) is 13.1 Å². The quantitative estimate of drug-likeness (QED) is 0.775. The Bertz CT molecular complexity index is 610. The number of nitrogens with zero attached hydrogens (tertiary/aromatic N) is 1. The third-order valence-electron chi connectivity index (χ3n) is 2.35. The fourth-order valence-corrected chi connectivity index (χ4v) is 1.48. The topological polar surface area (TPSA) is 81.7 Å². The van der Waals surface area contributed by atoms with E-state index < -0.39 is 11.7 Å². The molecule has 0 saturated heterocycles. The summed E-state index contributed by atoms with van der Waals surface area (Å²) in [4.78, 5) is 22.7. The first-order chi connectivity index (χ1) is 8.13. The summed E-state index contributed by atoms with van der Waals surface area (Å²) >= 11 is 0. The summed E-state index contributed by atoms with van der Waals surface area (Å²) in [5.41, 5.74) is 1.21. The minimum atomic E-state index is -0.563. The van der Waals surface area contributed by atoms with Crippen molar-refractivity contribution in [2.45, 2.75) is 0 Å². The number of aliphatic hydroxyl groups excluding tert-OH is 1. The number of carbonyl (C=O) groups excluding carboxylic acids is 1. The van der Waals surface area contributed by atoms with E-state index in [0.29, 0.717) is 11.1 Å². The molecule has 0 atom stereocenters. The van der Waals surface area contributed by atoms with E-state index in [4.69, 9.17) is 14.3 Å². The van der Waals surface area contributed by atoms with Crippen LogP contribution in [-0.4, -0.2) is 28.9 Å². The molecule has 0 amide bonds. The molecule has 0 radical (unpaired) electrons. The van der Waals surface area contributed by atoms with Crippen LogP contribution in [0, 0.1) is 0 Å². The molecular formula is C11H11NO5. The summed E-state index contributed by atoms with van der Waals surface area (Å²) in [5.74, 6) is -1.05. The van der Waals surface area contributed by atoms with Crippen LogP contribution in [0.4, 0.5) is 0 Å². The lowest BCUT2D eigenvalue weighted by atomic mass is 10.2. The van der Waals surface area contributed by atoms with Gasteiger partial charge in [0.2, 0.25) is 0 Å². The minimum Gasteiger partial charge on any atom is -0.460 e. The van der Waals surface area contributed by atoms with E-state index in [-0.39, 0.29) is 18.8 Å². The Kier molecular flexibility index (Phi) is 2.97. The van der Waals surface area contributed by atoms with Crippen LogP contribution in [0.1, 0.15) is 10.4 Å².